The van der Waals surface area contributed by atoms with Crippen LogP contribution in [0.25, 0.3) is 10.9 Å². The molecule has 3 aromatic rings. The number of nitrogens with zero attached hydrogens (tertiary/aromatic N) is 2. The molecule has 1 fully saturated rings. The molecule has 1 aromatic heterocycles. The maximum absolute atomic E-state index is 13.0. The van der Waals surface area contributed by atoms with Crippen LogP contribution in [0.15, 0.2) is 64.5 Å². The van der Waals surface area contributed by atoms with Crippen molar-refractivity contribution >= 4 is 26.4 Å². The molecule has 0 radical (unpaired) electrons. The van der Waals surface area contributed by atoms with Gasteiger partial charge in [-0.2, -0.15) is 0 Å². The number of benzene rings is 2. The van der Waals surface area contributed by atoms with E-state index in [1.54, 1.807) is 18.2 Å². The molecule has 6 heteroatoms. The Balaban J connectivity index is 1.76. The number of anilines is 1. The number of sulfone groups is 1. The second kappa shape index (κ2) is 6.94. The van der Waals surface area contributed by atoms with Crippen LogP contribution in [0.3, 0.4) is 0 Å². The Labute approximate surface area is 160 Å². The minimum absolute atomic E-state index is 0.227. The largest absolute Gasteiger partial charge is 0.367 e. The van der Waals surface area contributed by atoms with Crippen molar-refractivity contribution < 1.29 is 8.42 Å². The van der Waals surface area contributed by atoms with Gasteiger partial charge < -0.3 is 10.2 Å². The monoisotopic (exact) mass is 381 g/mol. The number of fused-ring (bicyclic) bond motifs is 1. The zero-order valence-corrected chi connectivity index (χ0v) is 16.3. The van der Waals surface area contributed by atoms with E-state index in [1.165, 1.54) is 6.20 Å². The molecule has 1 aliphatic rings. The van der Waals surface area contributed by atoms with E-state index < -0.39 is 9.84 Å². The zero-order valence-electron chi connectivity index (χ0n) is 15.5. The minimum Gasteiger partial charge on any atom is -0.367 e. The lowest BCUT2D eigenvalue weighted by Crippen LogP contribution is -2.49. The SMILES string of the molecule is Cc1ccc(S(=O)(=O)c2cnc3c(N4CCN[C@@H](C)C4)cccc3c2)cc1. The van der Waals surface area contributed by atoms with Crippen molar-refractivity contribution in [1.29, 1.82) is 0 Å². The molecule has 140 valence electrons. The van der Waals surface area contributed by atoms with Crippen LogP contribution in [0.4, 0.5) is 5.69 Å². The Hall–Kier alpha value is -2.44. The molecule has 0 spiro atoms. The molecular weight excluding hydrogens is 358 g/mol. The van der Waals surface area contributed by atoms with Gasteiger partial charge in [0.2, 0.25) is 9.84 Å². The second-order valence-electron chi connectivity index (χ2n) is 7.14. The first-order chi connectivity index (χ1) is 12.9. The van der Waals surface area contributed by atoms with Crippen molar-refractivity contribution in [3.63, 3.8) is 0 Å². The molecule has 0 amide bonds. The first-order valence-corrected chi connectivity index (χ1v) is 10.6. The third-order valence-corrected chi connectivity index (χ3v) is 6.75. The van der Waals surface area contributed by atoms with Gasteiger partial charge in [0.15, 0.2) is 0 Å². The van der Waals surface area contributed by atoms with Crippen LogP contribution < -0.4 is 10.2 Å². The molecule has 1 aliphatic heterocycles. The third kappa shape index (κ3) is 3.42. The predicted octanol–water partition coefficient (Wildman–Crippen LogP) is 3.17. The Morgan fingerprint density at radius 2 is 1.89 bits per heavy atom. The number of pyridine rings is 1. The van der Waals surface area contributed by atoms with E-state index in [4.69, 9.17) is 0 Å². The van der Waals surface area contributed by atoms with Gasteiger partial charge in [-0.25, -0.2) is 8.42 Å². The van der Waals surface area contributed by atoms with E-state index in [0.717, 1.165) is 41.8 Å². The molecule has 0 unspecified atom stereocenters. The topological polar surface area (TPSA) is 62.3 Å². The fraction of sp³-hybridized carbons (Fsp3) is 0.286. The molecule has 2 heterocycles. The number of hydrogen-bond donors (Lipinski definition) is 1. The molecule has 27 heavy (non-hydrogen) atoms. The summed E-state index contributed by atoms with van der Waals surface area (Å²) >= 11 is 0. The van der Waals surface area contributed by atoms with E-state index in [9.17, 15) is 8.42 Å². The number of aryl methyl sites for hydroxylation is 1. The smallest absolute Gasteiger partial charge is 0.208 e. The summed E-state index contributed by atoms with van der Waals surface area (Å²) in [6.07, 6.45) is 1.48. The highest BCUT2D eigenvalue weighted by Crippen LogP contribution is 2.29. The van der Waals surface area contributed by atoms with Crippen LogP contribution >= 0.6 is 0 Å². The summed E-state index contributed by atoms with van der Waals surface area (Å²) in [5.41, 5.74) is 2.93. The minimum atomic E-state index is -3.58. The molecule has 0 bridgehead atoms. The maximum Gasteiger partial charge on any atom is 0.208 e. The van der Waals surface area contributed by atoms with Crippen LogP contribution in [-0.2, 0) is 9.84 Å². The van der Waals surface area contributed by atoms with E-state index in [0.29, 0.717) is 10.9 Å². The standard InChI is InChI=1S/C21H23N3O2S/c1-15-6-8-18(9-7-15)27(25,26)19-12-17-4-3-5-20(21(17)23-13-19)24-11-10-22-16(2)14-24/h3-9,12-13,16,22H,10-11,14H2,1-2H3/t16-/m0/s1. The zero-order chi connectivity index (χ0) is 19.0. The van der Waals surface area contributed by atoms with Gasteiger partial charge in [0, 0.05) is 37.3 Å². The summed E-state index contributed by atoms with van der Waals surface area (Å²) in [6, 6.07) is 15.0. The van der Waals surface area contributed by atoms with Crippen molar-refractivity contribution in [2.45, 2.75) is 29.7 Å². The molecule has 0 saturated carbocycles. The van der Waals surface area contributed by atoms with E-state index >= 15 is 0 Å². The lowest BCUT2D eigenvalue weighted by atomic mass is 10.1. The summed E-state index contributed by atoms with van der Waals surface area (Å²) in [5.74, 6) is 0. The quantitative estimate of drug-likeness (QED) is 0.755. The average Bonchev–Trinajstić information content (AvgIpc) is 2.67. The van der Waals surface area contributed by atoms with Gasteiger partial charge in [0.05, 0.1) is 21.0 Å². The molecule has 2 aromatic carbocycles. The van der Waals surface area contributed by atoms with Crippen LogP contribution in [0, 0.1) is 6.92 Å². The summed E-state index contributed by atoms with van der Waals surface area (Å²) in [5, 5.41) is 4.28. The Morgan fingerprint density at radius 3 is 2.63 bits per heavy atom. The molecule has 4 rings (SSSR count). The van der Waals surface area contributed by atoms with Gasteiger partial charge in [-0.05, 0) is 38.1 Å². The Bertz CT molecular complexity index is 1080. The third-order valence-electron chi connectivity index (χ3n) is 5.02. The average molecular weight is 382 g/mol. The number of piperazine rings is 1. The van der Waals surface area contributed by atoms with Crippen molar-refractivity contribution in [3.05, 3.63) is 60.3 Å². The van der Waals surface area contributed by atoms with Gasteiger partial charge in [-0.15, -0.1) is 0 Å². The van der Waals surface area contributed by atoms with E-state index in [1.807, 2.05) is 31.2 Å². The maximum atomic E-state index is 13.0. The van der Waals surface area contributed by atoms with Crippen LogP contribution in [-0.4, -0.2) is 39.1 Å². The molecule has 1 saturated heterocycles. The van der Waals surface area contributed by atoms with Crippen molar-refractivity contribution in [2.75, 3.05) is 24.5 Å². The lowest BCUT2D eigenvalue weighted by molar-refractivity contribution is 0.485. The number of hydrogen-bond acceptors (Lipinski definition) is 5. The normalized spacial score (nSPS) is 18.0. The van der Waals surface area contributed by atoms with Crippen LogP contribution in [0.5, 0.6) is 0 Å². The number of rotatable bonds is 3. The first-order valence-electron chi connectivity index (χ1n) is 9.14. The van der Waals surface area contributed by atoms with Crippen molar-refractivity contribution in [2.24, 2.45) is 0 Å². The molecule has 5 nitrogen and oxygen atoms in total. The summed E-state index contributed by atoms with van der Waals surface area (Å²) in [4.78, 5) is 7.38. The fourth-order valence-electron chi connectivity index (χ4n) is 3.53. The van der Waals surface area contributed by atoms with Gasteiger partial charge >= 0.3 is 0 Å². The van der Waals surface area contributed by atoms with Gasteiger partial charge in [-0.1, -0.05) is 29.8 Å². The molecule has 1 N–H and O–H groups in total. The summed E-state index contributed by atoms with van der Waals surface area (Å²) in [7, 11) is -3.58. The van der Waals surface area contributed by atoms with Crippen LogP contribution in [0.1, 0.15) is 12.5 Å². The van der Waals surface area contributed by atoms with Gasteiger partial charge in [-0.3, -0.25) is 4.98 Å². The lowest BCUT2D eigenvalue weighted by Gasteiger charge is -2.34. The van der Waals surface area contributed by atoms with E-state index in [-0.39, 0.29) is 4.90 Å². The predicted molar refractivity (Wildman–Crippen MR) is 108 cm³/mol. The number of nitrogens with one attached hydrogen (secondary N) is 1. The molecular formula is C21H23N3O2S. The van der Waals surface area contributed by atoms with Gasteiger partial charge in [0.1, 0.15) is 0 Å². The summed E-state index contributed by atoms with van der Waals surface area (Å²) in [6.45, 7) is 6.85. The van der Waals surface area contributed by atoms with Crippen molar-refractivity contribution in [3.8, 4) is 0 Å². The van der Waals surface area contributed by atoms with Crippen LogP contribution in [0.2, 0.25) is 0 Å². The highest BCUT2D eigenvalue weighted by Gasteiger charge is 2.21. The number of para-hydroxylation sites is 1. The van der Waals surface area contributed by atoms with Gasteiger partial charge in [0.25, 0.3) is 0 Å². The van der Waals surface area contributed by atoms with Crippen molar-refractivity contribution in [1.82, 2.24) is 10.3 Å². The highest BCUT2D eigenvalue weighted by atomic mass is 32.2. The fourth-order valence-corrected chi connectivity index (χ4v) is 4.77. The second-order valence-corrected chi connectivity index (χ2v) is 9.09. The molecule has 1 atom stereocenters. The van der Waals surface area contributed by atoms with E-state index in [2.05, 4.69) is 28.2 Å². The Kier molecular flexibility index (Phi) is 4.61. The summed E-state index contributed by atoms with van der Waals surface area (Å²) < 4.78 is 25.9. The number of aromatic nitrogens is 1. The molecule has 0 aliphatic carbocycles. The first kappa shape index (κ1) is 17.9. The Morgan fingerprint density at radius 1 is 1.11 bits per heavy atom. The highest BCUT2D eigenvalue weighted by molar-refractivity contribution is 7.91.